The molecular formula is C13H12BrN3O4S2. The summed E-state index contributed by atoms with van der Waals surface area (Å²) in [6.07, 6.45) is 0.0485. The topological polar surface area (TPSA) is 97.4 Å². The quantitative estimate of drug-likeness (QED) is 0.700. The molecule has 2 aromatic heterocycles. The average Bonchev–Trinajstić information content (AvgIpc) is 3.14. The third-order valence-electron chi connectivity index (χ3n) is 2.56. The van der Waals surface area contributed by atoms with Gasteiger partial charge in [0.15, 0.2) is 5.13 Å². The Morgan fingerprint density at radius 2 is 2.13 bits per heavy atom. The highest BCUT2D eigenvalue weighted by Crippen LogP contribution is 2.21. The largest absolute Gasteiger partial charge is 0.469 e. The van der Waals surface area contributed by atoms with Crippen LogP contribution in [0.2, 0.25) is 0 Å². The number of thiazole rings is 1. The highest BCUT2D eigenvalue weighted by Gasteiger charge is 2.12. The van der Waals surface area contributed by atoms with Crippen LogP contribution in [0.3, 0.4) is 0 Å². The molecule has 7 nitrogen and oxygen atoms in total. The number of hydrogen-bond acceptors (Lipinski definition) is 7. The molecule has 0 radical (unpaired) electrons. The summed E-state index contributed by atoms with van der Waals surface area (Å²) < 4.78 is 5.38. The highest BCUT2D eigenvalue weighted by molar-refractivity contribution is 9.11. The standard InChI is InChI=1S/C13H12BrN3O4S2/c1-21-11(19)4-7-6-22-13(16-7)17-10(18)5-15-12(20)8-2-3-9(14)23-8/h2-3,6H,4-5H2,1H3,(H,15,20)(H,16,17,18). The minimum atomic E-state index is -0.400. The molecule has 0 atom stereocenters. The van der Waals surface area contributed by atoms with E-state index in [-0.39, 0.29) is 18.9 Å². The van der Waals surface area contributed by atoms with E-state index in [1.807, 2.05) is 0 Å². The molecule has 0 fully saturated rings. The van der Waals surface area contributed by atoms with Gasteiger partial charge in [0.2, 0.25) is 5.91 Å². The Bertz CT molecular complexity index is 728. The number of amides is 2. The van der Waals surface area contributed by atoms with Crippen LogP contribution in [0.15, 0.2) is 21.3 Å². The van der Waals surface area contributed by atoms with Crippen LogP contribution in [0.4, 0.5) is 5.13 Å². The number of nitrogens with one attached hydrogen (secondary N) is 2. The SMILES string of the molecule is COC(=O)Cc1csc(NC(=O)CNC(=O)c2ccc(Br)s2)n1. The number of anilines is 1. The first-order valence-corrected chi connectivity index (χ1v) is 8.81. The van der Waals surface area contributed by atoms with Crippen LogP contribution in [0.1, 0.15) is 15.4 Å². The number of ether oxygens (including phenoxy) is 1. The van der Waals surface area contributed by atoms with Crippen LogP contribution in [0.5, 0.6) is 0 Å². The molecular weight excluding hydrogens is 406 g/mol. The lowest BCUT2D eigenvalue weighted by Crippen LogP contribution is -2.32. The van der Waals surface area contributed by atoms with Crippen molar-refractivity contribution in [2.24, 2.45) is 0 Å². The molecule has 23 heavy (non-hydrogen) atoms. The second kappa shape index (κ2) is 8.18. The lowest BCUT2D eigenvalue weighted by molar-refractivity contribution is -0.139. The molecule has 0 saturated carbocycles. The Hall–Kier alpha value is -1.78. The van der Waals surface area contributed by atoms with Gasteiger partial charge in [-0.2, -0.15) is 0 Å². The van der Waals surface area contributed by atoms with Crippen molar-refractivity contribution in [3.05, 3.63) is 31.9 Å². The summed E-state index contributed by atoms with van der Waals surface area (Å²) >= 11 is 5.75. The van der Waals surface area contributed by atoms with Crippen molar-refractivity contribution in [1.29, 1.82) is 0 Å². The number of thiophene rings is 1. The number of nitrogens with zero attached hydrogens (tertiary/aromatic N) is 1. The first-order valence-electron chi connectivity index (χ1n) is 6.32. The van der Waals surface area contributed by atoms with Crippen LogP contribution >= 0.6 is 38.6 Å². The van der Waals surface area contributed by atoms with Crippen LogP contribution < -0.4 is 10.6 Å². The highest BCUT2D eigenvalue weighted by atomic mass is 79.9. The molecule has 2 N–H and O–H groups in total. The fraction of sp³-hybridized carbons (Fsp3) is 0.231. The predicted octanol–water partition coefficient (Wildman–Crippen LogP) is 2.05. The van der Waals surface area contributed by atoms with E-state index in [1.54, 1.807) is 17.5 Å². The fourth-order valence-electron chi connectivity index (χ4n) is 1.51. The number of hydrogen-bond donors (Lipinski definition) is 2. The second-order valence-corrected chi connectivity index (χ2v) is 7.55. The van der Waals surface area contributed by atoms with Gasteiger partial charge in [0.1, 0.15) is 0 Å². The zero-order valence-electron chi connectivity index (χ0n) is 11.9. The van der Waals surface area contributed by atoms with Gasteiger partial charge in [-0.3, -0.25) is 14.4 Å². The molecule has 10 heteroatoms. The molecule has 0 aliphatic rings. The third-order valence-corrected chi connectivity index (χ3v) is 4.99. The lowest BCUT2D eigenvalue weighted by Gasteiger charge is -2.03. The van der Waals surface area contributed by atoms with E-state index in [2.05, 4.69) is 36.3 Å². The molecule has 0 unspecified atom stereocenters. The Morgan fingerprint density at radius 1 is 1.35 bits per heavy atom. The molecule has 0 saturated heterocycles. The van der Waals surface area contributed by atoms with Gasteiger partial charge in [-0.25, -0.2) is 4.98 Å². The minimum Gasteiger partial charge on any atom is -0.469 e. The van der Waals surface area contributed by atoms with Crippen molar-refractivity contribution in [3.8, 4) is 0 Å². The number of halogens is 1. The van der Waals surface area contributed by atoms with Gasteiger partial charge in [0.25, 0.3) is 5.91 Å². The number of rotatable bonds is 6. The zero-order valence-corrected chi connectivity index (χ0v) is 15.1. The maximum absolute atomic E-state index is 11.8. The van der Waals surface area contributed by atoms with E-state index >= 15 is 0 Å². The number of carbonyl (C=O) groups is 3. The smallest absolute Gasteiger partial charge is 0.311 e. The van der Waals surface area contributed by atoms with E-state index in [4.69, 9.17) is 0 Å². The molecule has 0 aliphatic carbocycles. The van der Waals surface area contributed by atoms with Gasteiger partial charge in [0.05, 0.1) is 34.4 Å². The zero-order chi connectivity index (χ0) is 16.8. The predicted molar refractivity (Wildman–Crippen MR) is 90.8 cm³/mol. The number of esters is 1. The fourth-order valence-corrected chi connectivity index (χ4v) is 3.54. The molecule has 2 aromatic rings. The van der Waals surface area contributed by atoms with E-state index < -0.39 is 11.9 Å². The van der Waals surface area contributed by atoms with E-state index in [1.165, 1.54) is 29.8 Å². The van der Waals surface area contributed by atoms with Gasteiger partial charge >= 0.3 is 5.97 Å². The Morgan fingerprint density at radius 3 is 2.78 bits per heavy atom. The summed E-state index contributed by atoms with van der Waals surface area (Å²) in [4.78, 5) is 39.3. The van der Waals surface area contributed by atoms with Crippen LogP contribution in [0, 0.1) is 0 Å². The second-order valence-electron chi connectivity index (χ2n) is 4.23. The number of methoxy groups -OCH3 is 1. The molecule has 0 aromatic carbocycles. The molecule has 2 amide bonds. The maximum Gasteiger partial charge on any atom is 0.311 e. The van der Waals surface area contributed by atoms with Crippen molar-refractivity contribution < 1.29 is 19.1 Å². The van der Waals surface area contributed by atoms with Gasteiger partial charge in [0, 0.05) is 5.38 Å². The molecule has 0 bridgehead atoms. The van der Waals surface area contributed by atoms with Crippen LogP contribution in [-0.2, 0) is 20.7 Å². The maximum atomic E-state index is 11.8. The Balaban J connectivity index is 1.80. The van der Waals surface area contributed by atoms with Gasteiger partial charge in [-0.05, 0) is 28.1 Å². The van der Waals surface area contributed by atoms with Gasteiger partial charge in [-0.15, -0.1) is 22.7 Å². The molecule has 122 valence electrons. The van der Waals surface area contributed by atoms with Gasteiger partial charge < -0.3 is 15.4 Å². The normalized spacial score (nSPS) is 10.2. The van der Waals surface area contributed by atoms with Crippen molar-refractivity contribution in [2.75, 3.05) is 19.0 Å². The summed E-state index contributed by atoms with van der Waals surface area (Å²) in [5.74, 6) is -1.11. The molecule has 2 heterocycles. The summed E-state index contributed by atoms with van der Waals surface area (Å²) in [5, 5.41) is 7.11. The Labute approximate surface area is 148 Å². The summed E-state index contributed by atoms with van der Waals surface area (Å²) in [6, 6.07) is 3.43. The van der Waals surface area contributed by atoms with Crippen LogP contribution in [0.25, 0.3) is 0 Å². The first kappa shape index (κ1) is 17.6. The van der Waals surface area contributed by atoms with Crippen molar-refractivity contribution >= 4 is 61.5 Å². The first-order chi connectivity index (χ1) is 11.0. The molecule has 0 spiro atoms. The minimum absolute atomic E-state index is 0.0485. The van der Waals surface area contributed by atoms with Crippen molar-refractivity contribution in [3.63, 3.8) is 0 Å². The monoisotopic (exact) mass is 417 g/mol. The van der Waals surface area contributed by atoms with E-state index in [9.17, 15) is 14.4 Å². The summed E-state index contributed by atoms with van der Waals surface area (Å²) in [6.45, 7) is -0.166. The average molecular weight is 418 g/mol. The Kier molecular flexibility index (Phi) is 6.25. The molecule has 0 aliphatic heterocycles. The summed E-state index contributed by atoms with van der Waals surface area (Å²) in [7, 11) is 1.30. The lowest BCUT2D eigenvalue weighted by atomic mass is 10.3. The number of aromatic nitrogens is 1. The van der Waals surface area contributed by atoms with Gasteiger partial charge in [-0.1, -0.05) is 0 Å². The van der Waals surface area contributed by atoms with Crippen LogP contribution in [-0.4, -0.2) is 36.4 Å². The van der Waals surface area contributed by atoms with E-state index in [0.717, 1.165) is 3.79 Å². The third kappa shape index (κ3) is 5.41. The summed E-state index contributed by atoms with van der Waals surface area (Å²) in [5.41, 5.74) is 0.518. The van der Waals surface area contributed by atoms with E-state index in [0.29, 0.717) is 15.7 Å². The van der Waals surface area contributed by atoms with Crippen molar-refractivity contribution in [1.82, 2.24) is 10.3 Å². The van der Waals surface area contributed by atoms with Crippen molar-refractivity contribution in [2.45, 2.75) is 6.42 Å². The number of carbonyl (C=O) groups excluding carboxylic acids is 3. The molecule has 2 rings (SSSR count).